The van der Waals surface area contributed by atoms with Crippen molar-refractivity contribution in [3.8, 4) is 0 Å². The molecule has 0 aromatic carbocycles. The maximum atomic E-state index is 9.69. The molecule has 3 nitrogen and oxygen atoms in total. The molecule has 1 aromatic rings. The Morgan fingerprint density at radius 3 is 2.64 bits per heavy atom. The minimum atomic E-state index is -0.530. The molecule has 0 spiro atoms. The monoisotopic (exact) mass is 198 g/mol. The van der Waals surface area contributed by atoms with Gasteiger partial charge in [0.15, 0.2) is 0 Å². The highest BCUT2D eigenvalue weighted by molar-refractivity contribution is 5.09. The number of hydrogen-bond acceptors (Lipinski definition) is 3. The molecule has 1 aromatic heterocycles. The Bertz CT molecular complexity index is 265. The molecule has 3 heteroatoms. The van der Waals surface area contributed by atoms with Crippen molar-refractivity contribution in [2.45, 2.75) is 32.8 Å². The molecule has 80 valence electrons. The van der Waals surface area contributed by atoms with E-state index in [4.69, 9.17) is 9.52 Å². The molecule has 0 aliphatic heterocycles. The Labute approximate surface area is 84.4 Å². The molecule has 14 heavy (non-hydrogen) atoms. The molecule has 0 bridgehead atoms. The predicted octanol–water partition coefficient (Wildman–Crippen LogP) is 1.89. The molecule has 0 unspecified atom stereocenters. The number of aliphatic hydroxyl groups is 2. The van der Waals surface area contributed by atoms with Crippen molar-refractivity contribution in [2.75, 3.05) is 6.61 Å². The third kappa shape index (κ3) is 2.86. The lowest BCUT2D eigenvalue weighted by molar-refractivity contribution is 0.101. The molecule has 0 amide bonds. The van der Waals surface area contributed by atoms with Gasteiger partial charge in [0.1, 0.15) is 17.6 Å². The van der Waals surface area contributed by atoms with E-state index in [1.54, 1.807) is 6.07 Å². The van der Waals surface area contributed by atoms with Crippen LogP contribution in [0.2, 0.25) is 0 Å². The summed E-state index contributed by atoms with van der Waals surface area (Å²) < 4.78 is 5.45. The zero-order valence-corrected chi connectivity index (χ0v) is 8.73. The van der Waals surface area contributed by atoms with Crippen molar-refractivity contribution in [1.82, 2.24) is 0 Å². The van der Waals surface area contributed by atoms with Crippen LogP contribution in [-0.4, -0.2) is 16.8 Å². The second kappa shape index (κ2) is 5.17. The largest absolute Gasteiger partial charge is 0.463 e. The van der Waals surface area contributed by atoms with Gasteiger partial charge in [0.05, 0.1) is 0 Å². The van der Waals surface area contributed by atoms with Crippen LogP contribution in [0.15, 0.2) is 16.5 Å². The number of aliphatic hydroxyl groups excluding tert-OH is 2. The lowest BCUT2D eigenvalue weighted by Crippen LogP contribution is -2.03. The summed E-state index contributed by atoms with van der Waals surface area (Å²) in [5.41, 5.74) is 0. The zero-order chi connectivity index (χ0) is 10.6. The summed E-state index contributed by atoms with van der Waals surface area (Å²) in [6, 6.07) is 3.66. The average molecular weight is 198 g/mol. The third-order valence-electron chi connectivity index (χ3n) is 2.19. The van der Waals surface area contributed by atoms with Gasteiger partial charge in [-0.15, -0.1) is 0 Å². The van der Waals surface area contributed by atoms with Crippen molar-refractivity contribution in [1.29, 1.82) is 0 Å². The van der Waals surface area contributed by atoms with Gasteiger partial charge in [-0.1, -0.05) is 13.8 Å². The summed E-state index contributed by atoms with van der Waals surface area (Å²) in [5.74, 6) is 1.61. The summed E-state index contributed by atoms with van der Waals surface area (Å²) in [6.45, 7) is 4.06. The maximum Gasteiger partial charge on any atom is 0.132 e. The fraction of sp³-hybridized carbons (Fsp3) is 0.636. The standard InChI is InChI=1S/C11H18O3/c1-8(2)11(13)10-6-5-9(14-10)4-3-7-12/h5-6,8,11-13H,3-4,7H2,1-2H3/t11-/m0/s1. The maximum absolute atomic E-state index is 9.69. The van der Waals surface area contributed by atoms with E-state index >= 15 is 0 Å². The van der Waals surface area contributed by atoms with E-state index in [-0.39, 0.29) is 12.5 Å². The van der Waals surface area contributed by atoms with Gasteiger partial charge in [-0.3, -0.25) is 0 Å². The van der Waals surface area contributed by atoms with Crippen molar-refractivity contribution in [3.63, 3.8) is 0 Å². The second-order valence-corrected chi connectivity index (χ2v) is 3.82. The van der Waals surface area contributed by atoms with Crippen LogP contribution < -0.4 is 0 Å². The van der Waals surface area contributed by atoms with Crippen molar-refractivity contribution in [3.05, 3.63) is 23.7 Å². The van der Waals surface area contributed by atoms with E-state index in [1.165, 1.54) is 0 Å². The van der Waals surface area contributed by atoms with Gasteiger partial charge in [-0.2, -0.15) is 0 Å². The fourth-order valence-corrected chi connectivity index (χ4v) is 1.27. The normalized spacial score (nSPS) is 13.5. The molecule has 1 atom stereocenters. The minimum absolute atomic E-state index is 0.159. The van der Waals surface area contributed by atoms with Crippen molar-refractivity contribution in [2.24, 2.45) is 5.92 Å². The summed E-state index contributed by atoms with van der Waals surface area (Å²) in [6.07, 6.45) is 0.893. The van der Waals surface area contributed by atoms with Gasteiger partial charge in [-0.05, 0) is 24.5 Å². The highest BCUT2D eigenvalue weighted by Gasteiger charge is 2.15. The Morgan fingerprint density at radius 1 is 1.36 bits per heavy atom. The Morgan fingerprint density at radius 2 is 2.07 bits per heavy atom. The van der Waals surface area contributed by atoms with Crippen LogP contribution in [0.25, 0.3) is 0 Å². The van der Waals surface area contributed by atoms with Gasteiger partial charge in [0, 0.05) is 13.0 Å². The van der Waals surface area contributed by atoms with Crippen LogP contribution >= 0.6 is 0 Å². The number of aryl methyl sites for hydroxylation is 1. The first-order chi connectivity index (χ1) is 6.65. The van der Waals surface area contributed by atoms with Crippen molar-refractivity contribution >= 4 is 0 Å². The first-order valence-corrected chi connectivity index (χ1v) is 5.02. The molecule has 0 radical (unpaired) electrons. The van der Waals surface area contributed by atoms with Gasteiger partial charge in [0.2, 0.25) is 0 Å². The van der Waals surface area contributed by atoms with Gasteiger partial charge >= 0.3 is 0 Å². The van der Waals surface area contributed by atoms with Gasteiger partial charge < -0.3 is 14.6 Å². The topological polar surface area (TPSA) is 53.6 Å². The molecule has 0 saturated heterocycles. The molecule has 0 saturated carbocycles. The number of rotatable bonds is 5. The molecule has 1 rings (SSSR count). The van der Waals surface area contributed by atoms with Crippen LogP contribution in [0, 0.1) is 5.92 Å². The number of furan rings is 1. The summed E-state index contributed by atoms with van der Waals surface area (Å²) >= 11 is 0. The molecule has 0 aliphatic rings. The average Bonchev–Trinajstić information content (AvgIpc) is 2.61. The first-order valence-electron chi connectivity index (χ1n) is 5.02. The molecular formula is C11H18O3. The Hall–Kier alpha value is -0.800. The van der Waals surface area contributed by atoms with Gasteiger partial charge in [0.25, 0.3) is 0 Å². The molecule has 0 aliphatic carbocycles. The van der Waals surface area contributed by atoms with E-state index in [0.717, 1.165) is 12.2 Å². The minimum Gasteiger partial charge on any atom is -0.463 e. The summed E-state index contributed by atoms with van der Waals surface area (Å²) in [4.78, 5) is 0. The highest BCUT2D eigenvalue weighted by Crippen LogP contribution is 2.23. The molecule has 1 heterocycles. The molecule has 2 N–H and O–H groups in total. The lowest BCUT2D eigenvalue weighted by Gasteiger charge is -2.10. The Kier molecular flexibility index (Phi) is 4.17. The zero-order valence-electron chi connectivity index (χ0n) is 8.73. The van der Waals surface area contributed by atoms with E-state index in [1.807, 2.05) is 19.9 Å². The SMILES string of the molecule is CC(C)[C@H](O)c1ccc(CCCO)o1. The summed E-state index contributed by atoms with van der Waals surface area (Å²) in [5, 5.41) is 18.3. The van der Waals surface area contributed by atoms with Crippen molar-refractivity contribution < 1.29 is 14.6 Å². The lowest BCUT2D eigenvalue weighted by atomic mass is 10.1. The Balaban J connectivity index is 2.58. The van der Waals surface area contributed by atoms with Crippen LogP contribution in [-0.2, 0) is 6.42 Å². The third-order valence-corrected chi connectivity index (χ3v) is 2.19. The highest BCUT2D eigenvalue weighted by atomic mass is 16.4. The predicted molar refractivity (Wildman–Crippen MR) is 53.9 cm³/mol. The van der Waals surface area contributed by atoms with Crippen LogP contribution in [0.1, 0.15) is 37.9 Å². The summed E-state index contributed by atoms with van der Waals surface area (Å²) in [7, 11) is 0. The molecule has 0 fully saturated rings. The van der Waals surface area contributed by atoms with Crippen LogP contribution in [0.5, 0.6) is 0 Å². The van der Waals surface area contributed by atoms with Gasteiger partial charge in [-0.25, -0.2) is 0 Å². The smallest absolute Gasteiger partial charge is 0.132 e. The second-order valence-electron chi connectivity index (χ2n) is 3.82. The number of hydrogen-bond donors (Lipinski definition) is 2. The van der Waals surface area contributed by atoms with E-state index in [9.17, 15) is 5.11 Å². The fourth-order valence-electron chi connectivity index (χ4n) is 1.27. The quantitative estimate of drug-likeness (QED) is 0.759. The van der Waals surface area contributed by atoms with E-state index in [0.29, 0.717) is 12.2 Å². The van der Waals surface area contributed by atoms with Crippen LogP contribution in [0.3, 0.4) is 0 Å². The van der Waals surface area contributed by atoms with E-state index in [2.05, 4.69) is 0 Å². The molecular weight excluding hydrogens is 180 g/mol. The van der Waals surface area contributed by atoms with Crippen LogP contribution in [0.4, 0.5) is 0 Å². The van der Waals surface area contributed by atoms with E-state index < -0.39 is 6.10 Å². The first kappa shape index (κ1) is 11.3.